The zero-order valence-electron chi connectivity index (χ0n) is 17.7. The molecule has 1 aliphatic heterocycles. The molecular weight excluding hydrogens is 398 g/mol. The Bertz CT molecular complexity index is 975. The molecule has 1 N–H and O–H groups in total. The lowest BCUT2D eigenvalue weighted by atomic mass is 9.91. The summed E-state index contributed by atoms with van der Waals surface area (Å²) in [4.78, 5) is 25.0. The largest absolute Gasteiger partial charge is 0.459 e. The van der Waals surface area contributed by atoms with E-state index in [-0.39, 0.29) is 13.0 Å². The van der Waals surface area contributed by atoms with E-state index in [0.29, 0.717) is 11.1 Å². The number of benzene rings is 2. The summed E-state index contributed by atoms with van der Waals surface area (Å²) in [5.41, 5.74) is 1.06. The van der Waals surface area contributed by atoms with Crippen molar-refractivity contribution in [2.45, 2.75) is 51.1 Å². The van der Waals surface area contributed by atoms with Gasteiger partial charge in [0, 0.05) is 0 Å². The molecule has 2 aromatic carbocycles. The fraction of sp³-hybridized carbons (Fsp3) is 0.375. The van der Waals surface area contributed by atoms with E-state index in [1.807, 2.05) is 19.9 Å². The van der Waals surface area contributed by atoms with Crippen LogP contribution < -0.4 is 0 Å². The van der Waals surface area contributed by atoms with Crippen LogP contribution in [0.2, 0.25) is 0 Å². The number of hydrogen-bond acceptors (Lipinski definition) is 7. The highest BCUT2D eigenvalue weighted by molar-refractivity contribution is 5.90. The summed E-state index contributed by atoms with van der Waals surface area (Å²) in [5.74, 6) is -1.20. The molecule has 2 unspecified atom stereocenters. The second-order valence-electron chi connectivity index (χ2n) is 7.91. The number of carbonyl (C=O) groups excluding carboxylic acids is 2. The first-order valence-electron chi connectivity index (χ1n) is 9.98. The zero-order valence-corrected chi connectivity index (χ0v) is 17.7. The van der Waals surface area contributed by atoms with Gasteiger partial charge in [0.15, 0.2) is 6.10 Å². The van der Waals surface area contributed by atoms with Crippen molar-refractivity contribution in [3.05, 3.63) is 70.8 Å². The minimum atomic E-state index is -1.63. The van der Waals surface area contributed by atoms with Crippen LogP contribution in [0.3, 0.4) is 0 Å². The minimum absolute atomic E-state index is 0.103. The van der Waals surface area contributed by atoms with Crippen molar-refractivity contribution in [1.29, 1.82) is 5.26 Å². The maximum Gasteiger partial charge on any atom is 0.338 e. The molecule has 1 saturated heterocycles. The van der Waals surface area contributed by atoms with E-state index in [4.69, 9.17) is 19.5 Å². The number of rotatable bonds is 6. The van der Waals surface area contributed by atoms with E-state index in [0.717, 1.165) is 11.1 Å². The zero-order chi connectivity index (χ0) is 22.6. The lowest BCUT2D eigenvalue weighted by molar-refractivity contribution is -0.0721. The Morgan fingerprint density at radius 1 is 1.03 bits per heavy atom. The Morgan fingerprint density at radius 2 is 1.55 bits per heavy atom. The molecule has 3 rings (SSSR count). The monoisotopic (exact) mass is 423 g/mol. The Labute approximate surface area is 181 Å². The molecule has 0 aliphatic carbocycles. The maximum absolute atomic E-state index is 12.6. The van der Waals surface area contributed by atoms with Crippen molar-refractivity contribution in [2.75, 3.05) is 6.61 Å². The van der Waals surface area contributed by atoms with Gasteiger partial charge < -0.3 is 19.3 Å². The predicted octanol–water partition coefficient (Wildman–Crippen LogP) is 3.12. The molecule has 0 bridgehead atoms. The van der Waals surface area contributed by atoms with Crippen molar-refractivity contribution in [1.82, 2.24) is 0 Å². The quantitative estimate of drug-likeness (QED) is 0.712. The van der Waals surface area contributed by atoms with Gasteiger partial charge in [-0.15, -0.1) is 0 Å². The first-order chi connectivity index (χ1) is 14.7. The van der Waals surface area contributed by atoms with Crippen LogP contribution in [-0.2, 0) is 14.2 Å². The summed E-state index contributed by atoms with van der Waals surface area (Å²) in [6.45, 7) is 5.02. The number of nitrogens with zero attached hydrogens (tertiary/aromatic N) is 1. The van der Waals surface area contributed by atoms with Gasteiger partial charge in [0.25, 0.3) is 0 Å². The molecule has 7 heteroatoms. The second-order valence-corrected chi connectivity index (χ2v) is 7.91. The van der Waals surface area contributed by atoms with Crippen LogP contribution in [-0.4, -0.2) is 47.6 Å². The third-order valence-electron chi connectivity index (χ3n) is 5.37. The molecule has 1 aliphatic rings. The summed E-state index contributed by atoms with van der Waals surface area (Å²) in [7, 11) is 0. The van der Waals surface area contributed by atoms with E-state index in [1.165, 1.54) is 6.92 Å². The number of esters is 2. The summed E-state index contributed by atoms with van der Waals surface area (Å²) in [5, 5.41) is 20.0. The molecule has 0 aromatic heterocycles. The summed E-state index contributed by atoms with van der Waals surface area (Å²) in [6.07, 6.45) is -3.03. The van der Waals surface area contributed by atoms with Crippen LogP contribution in [0.1, 0.15) is 45.2 Å². The lowest BCUT2D eigenvalue weighted by Gasteiger charge is -2.29. The van der Waals surface area contributed by atoms with E-state index < -0.39 is 35.9 Å². The van der Waals surface area contributed by atoms with Crippen LogP contribution in [0.5, 0.6) is 0 Å². The van der Waals surface area contributed by atoms with Gasteiger partial charge in [-0.05, 0) is 45.0 Å². The van der Waals surface area contributed by atoms with Gasteiger partial charge in [-0.2, -0.15) is 5.26 Å². The van der Waals surface area contributed by atoms with Gasteiger partial charge in [-0.25, -0.2) is 9.59 Å². The molecule has 0 radical (unpaired) electrons. The molecule has 2 aromatic rings. The molecule has 0 spiro atoms. The maximum atomic E-state index is 12.6. The topological polar surface area (TPSA) is 106 Å². The number of hydrogen-bond donors (Lipinski definition) is 1. The molecule has 4 atom stereocenters. The van der Waals surface area contributed by atoms with E-state index >= 15 is 0 Å². The van der Waals surface area contributed by atoms with Crippen LogP contribution in [0, 0.1) is 25.2 Å². The molecule has 7 nitrogen and oxygen atoms in total. The molecular formula is C24H25NO6. The molecule has 0 amide bonds. The van der Waals surface area contributed by atoms with Gasteiger partial charge in [0.05, 0.1) is 23.6 Å². The van der Waals surface area contributed by atoms with Crippen LogP contribution >= 0.6 is 0 Å². The normalized spacial score (nSPS) is 24.9. The van der Waals surface area contributed by atoms with Crippen molar-refractivity contribution in [3.8, 4) is 6.07 Å². The first kappa shape index (κ1) is 22.5. The van der Waals surface area contributed by atoms with Crippen molar-refractivity contribution in [3.63, 3.8) is 0 Å². The average Bonchev–Trinajstić information content (AvgIpc) is 2.97. The van der Waals surface area contributed by atoms with Crippen LogP contribution in [0.4, 0.5) is 0 Å². The predicted molar refractivity (Wildman–Crippen MR) is 111 cm³/mol. The fourth-order valence-electron chi connectivity index (χ4n) is 3.44. The number of aryl methyl sites for hydroxylation is 2. The smallest absolute Gasteiger partial charge is 0.338 e. The number of ether oxygens (including phenoxy) is 3. The third kappa shape index (κ3) is 5.10. The third-order valence-corrected chi connectivity index (χ3v) is 5.37. The highest BCUT2D eigenvalue weighted by Crippen LogP contribution is 2.35. The number of carbonyl (C=O) groups is 2. The van der Waals surface area contributed by atoms with E-state index in [1.54, 1.807) is 48.5 Å². The average molecular weight is 423 g/mol. The van der Waals surface area contributed by atoms with Gasteiger partial charge in [0.2, 0.25) is 0 Å². The fourth-order valence-corrected chi connectivity index (χ4v) is 3.44. The molecule has 162 valence electrons. The minimum Gasteiger partial charge on any atom is -0.459 e. The van der Waals surface area contributed by atoms with E-state index in [9.17, 15) is 14.7 Å². The second kappa shape index (κ2) is 9.29. The SMILES string of the molecule is Cc1ccc(C(=O)OCC2O[C@H](CC#N)[C@](C)(O)C2OC(=O)c2ccc(C)cc2)cc1. The van der Waals surface area contributed by atoms with Crippen LogP contribution in [0.15, 0.2) is 48.5 Å². The highest BCUT2D eigenvalue weighted by atomic mass is 16.6. The van der Waals surface area contributed by atoms with Crippen molar-refractivity contribution >= 4 is 11.9 Å². The van der Waals surface area contributed by atoms with Gasteiger partial charge in [-0.3, -0.25) is 0 Å². The first-order valence-corrected chi connectivity index (χ1v) is 9.98. The van der Waals surface area contributed by atoms with Crippen LogP contribution in [0.25, 0.3) is 0 Å². The van der Waals surface area contributed by atoms with Crippen molar-refractivity contribution < 1.29 is 28.9 Å². The lowest BCUT2D eigenvalue weighted by Crippen LogP contribution is -2.48. The highest BCUT2D eigenvalue weighted by Gasteiger charge is 2.55. The standard InChI is InChI=1S/C24H25NO6/c1-15-4-8-17(9-5-15)22(26)29-14-19-21(24(3,28)20(30-19)12-13-25)31-23(27)18-10-6-16(2)7-11-18/h4-11,19-21,28H,12,14H2,1-3H3/t19?,20-,21?,24+/m1/s1. The molecule has 1 heterocycles. The molecule has 1 fully saturated rings. The Kier molecular flexibility index (Phi) is 6.74. The van der Waals surface area contributed by atoms with Gasteiger partial charge in [-0.1, -0.05) is 35.4 Å². The summed E-state index contributed by atoms with van der Waals surface area (Å²) in [6, 6.07) is 15.7. The molecule has 31 heavy (non-hydrogen) atoms. The van der Waals surface area contributed by atoms with Gasteiger partial charge in [0.1, 0.15) is 24.4 Å². The number of nitriles is 1. The summed E-state index contributed by atoms with van der Waals surface area (Å²) < 4.78 is 16.7. The Balaban J connectivity index is 1.74. The summed E-state index contributed by atoms with van der Waals surface area (Å²) >= 11 is 0. The van der Waals surface area contributed by atoms with E-state index in [2.05, 4.69) is 0 Å². The Hall–Kier alpha value is -3.21. The molecule has 0 saturated carbocycles. The van der Waals surface area contributed by atoms with Gasteiger partial charge >= 0.3 is 11.9 Å². The number of aliphatic hydroxyl groups is 1. The Morgan fingerprint density at radius 3 is 2.06 bits per heavy atom. The van der Waals surface area contributed by atoms with Crippen molar-refractivity contribution in [2.24, 2.45) is 0 Å².